The van der Waals surface area contributed by atoms with Crippen LogP contribution in [0.5, 0.6) is 0 Å². The van der Waals surface area contributed by atoms with Gasteiger partial charge in [0.1, 0.15) is 0 Å². The van der Waals surface area contributed by atoms with Crippen LogP contribution in [0, 0.1) is 11.6 Å². The summed E-state index contributed by atoms with van der Waals surface area (Å²) in [5.74, 6) is -1.30. The van der Waals surface area contributed by atoms with E-state index in [4.69, 9.17) is 0 Å². The Bertz CT molecular complexity index is 353. The van der Waals surface area contributed by atoms with Gasteiger partial charge in [0.25, 0.3) is 0 Å². The molecule has 1 aliphatic rings. The molecule has 0 spiro atoms. The van der Waals surface area contributed by atoms with Gasteiger partial charge in [0, 0.05) is 5.56 Å². The summed E-state index contributed by atoms with van der Waals surface area (Å²) in [5.41, 5.74) is 1.27. The van der Waals surface area contributed by atoms with E-state index in [-0.39, 0.29) is 5.92 Å². The fourth-order valence-electron chi connectivity index (χ4n) is 1.49. The molecule has 0 radical (unpaired) electrons. The molecule has 0 bridgehead atoms. The molecule has 0 saturated carbocycles. The van der Waals surface area contributed by atoms with E-state index in [0.29, 0.717) is 5.56 Å². The molecule has 0 heterocycles. The minimum Gasteiger partial charge on any atom is -0.204 e. The number of hydrogen-bond donors (Lipinski definition) is 0. The van der Waals surface area contributed by atoms with Gasteiger partial charge in [0.05, 0.1) is 0 Å². The van der Waals surface area contributed by atoms with E-state index in [1.54, 1.807) is 12.1 Å². The van der Waals surface area contributed by atoms with Crippen molar-refractivity contribution < 1.29 is 8.78 Å². The zero-order chi connectivity index (χ0) is 8.72. The second-order valence-corrected chi connectivity index (χ2v) is 3.01. The fraction of sp³-hybridized carbons (Fsp3) is 0.200. The highest BCUT2D eigenvalue weighted by Crippen LogP contribution is 2.31. The second-order valence-electron chi connectivity index (χ2n) is 3.01. The first-order chi connectivity index (χ1) is 5.70. The van der Waals surface area contributed by atoms with Crippen molar-refractivity contribution in [2.45, 2.75) is 12.8 Å². The summed E-state index contributed by atoms with van der Waals surface area (Å²) in [6.45, 7) is 1.96. The predicted molar refractivity (Wildman–Crippen MR) is 43.8 cm³/mol. The Hall–Kier alpha value is -1.18. The Morgan fingerprint density at radius 3 is 2.75 bits per heavy atom. The molecule has 1 aromatic rings. The first-order valence-electron chi connectivity index (χ1n) is 3.86. The van der Waals surface area contributed by atoms with Crippen LogP contribution < -0.4 is 0 Å². The maximum Gasteiger partial charge on any atom is 0.166 e. The number of allylic oxidation sites excluding steroid dienone is 1. The normalized spacial score (nSPS) is 19.8. The maximum absolute atomic E-state index is 13.0. The molecule has 1 atom stereocenters. The summed E-state index contributed by atoms with van der Waals surface area (Å²) >= 11 is 0. The third-order valence-electron chi connectivity index (χ3n) is 2.21. The van der Waals surface area contributed by atoms with Gasteiger partial charge in [-0.3, -0.25) is 0 Å². The van der Waals surface area contributed by atoms with Gasteiger partial charge in [0.2, 0.25) is 0 Å². The van der Waals surface area contributed by atoms with E-state index >= 15 is 0 Å². The molecule has 1 aliphatic carbocycles. The van der Waals surface area contributed by atoms with Crippen LogP contribution in [0.3, 0.4) is 0 Å². The molecule has 1 unspecified atom stereocenters. The lowest BCUT2D eigenvalue weighted by molar-refractivity contribution is 0.505. The predicted octanol–water partition coefficient (Wildman–Crippen LogP) is 3.10. The Labute approximate surface area is 69.5 Å². The maximum atomic E-state index is 13.0. The van der Waals surface area contributed by atoms with Crippen LogP contribution in [0.15, 0.2) is 18.2 Å². The van der Waals surface area contributed by atoms with Crippen LogP contribution in [0.2, 0.25) is 0 Å². The fourth-order valence-corrected chi connectivity index (χ4v) is 1.49. The second kappa shape index (κ2) is 2.41. The highest BCUT2D eigenvalue weighted by atomic mass is 19.2. The molecular weight excluding hydrogens is 158 g/mol. The molecule has 0 aromatic heterocycles. The van der Waals surface area contributed by atoms with E-state index in [9.17, 15) is 8.78 Å². The lowest BCUT2D eigenvalue weighted by Crippen LogP contribution is -1.93. The molecule has 0 N–H and O–H groups in total. The molecule has 0 aliphatic heterocycles. The van der Waals surface area contributed by atoms with Gasteiger partial charge in [-0.2, -0.15) is 0 Å². The van der Waals surface area contributed by atoms with Gasteiger partial charge >= 0.3 is 0 Å². The zero-order valence-corrected chi connectivity index (χ0v) is 6.64. The third-order valence-corrected chi connectivity index (χ3v) is 2.21. The summed E-state index contributed by atoms with van der Waals surface area (Å²) in [4.78, 5) is 0. The Morgan fingerprint density at radius 1 is 1.25 bits per heavy atom. The zero-order valence-electron chi connectivity index (χ0n) is 6.64. The summed E-state index contributed by atoms with van der Waals surface area (Å²) in [7, 11) is 0. The Balaban J connectivity index is 2.67. The summed E-state index contributed by atoms with van der Waals surface area (Å²) in [5, 5.41) is 0. The van der Waals surface area contributed by atoms with Crippen molar-refractivity contribution in [3.8, 4) is 0 Å². The van der Waals surface area contributed by atoms with Crippen molar-refractivity contribution >= 4 is 6.08 Å². The SMILES string of the molecule is CC1C=Cc2c1ccc(F)c2F. The average Bonchev–Trinajstić information content (AvgIpc) is 2.41. The minimum atomic E-state index is -0.771. The van der Waals surface area contributed by atoms with Crippen LogP contribution in [0.25, 0.3) is 6.08 Å². The van der Waals surface area contributed by atoms with E-state index in [1.165, 1.54) is 6.07 Å². The van der Waals surface area contributed by atoms with Crippen LogP contribution in [0.4, 0.5) is 8.78 Å². The Kier molecular flexibility index (Phi) is 1.50. The van der Waals surface area contributed by atoms with Gasteiger partial charge in [-0.05, 0) is 17.5 Å². The standard InChI is InChI=1S/C10H8F2/c1-6-2-3-8-7(6)4-5-9(11)10(8)12/h2-6H,1H3. The third kappa shape index (κ3) is 0.876. The van der Waals surface area contributed by atoms with Gasteiger partial charge in [0.15, 0.2) is 11.6 Å². The molecule has 0 saturated heterocycles. The van der Waals surface area contributed by atoms with Crippen LogP contribution in [-0.2, 0) is 0 Å². The molecule has 12 heavy (non-hydrogen) atoms. The molecular formula is C10H8F2. The first-order valence-corrected chi connectivity index (χ1v) is 3.86. The van der Waals surface area contributed by atoms with Crippen molar-refractivity contribution in [2.24, 2.45) is 0 Å². The number of benzene rings is 1. The van der Waals surface area contributed by atoms with E-state index in [2.05, 4.69) is 0 Å². The van der Waals surface area contributed by atoms with Crippen LogP contribution >= 0.6 is 0 Å². The van der Waals surface area contributed by atoms with E-state index < -0.39 is 11.6 Å². The molecule has 2 heteroatoms. The number of halogens is 2. The van der Waals surface area contributed by atoms with Crippen molar-refractivity contribution in [1.29, 1.82) is 0 Å². The average molecular weight is 166 g/mol. The van der Waals surface area contributed by atoms with Gasteiger partial charge < -0.3 is 0 Å². The number of rotatable bonds is 0. The van der Waals surface area contributed by atoms with Gasteiger partial charge in [-0.25, -0.2) is 8.78 Å². The van der Waals surface area contributed by atoms with E-state index in [1.807, 2.05) is 13.0 Å². The summed E-state index contributed by atoms with van der Waals surface area (Å²) in [6.07, 6.45) is 3.51. The van der Waals surface area contributed by atoms with Crippen molar-refractivity contribution in [3.05, 3.63) is 41.0 Å². The van der Waals surface area contributed by atoms with Crippen LogP contribution in [-0.4, -0.2) is 0 Å². The lowest BCUT2D eigenvalue weighted by Gasteiger charge is -2.04. The quantitative estimate of drug-likeness (QED) is 0.555. The van der Waals surface area contributed by atoms with Crippen molar-refractivity contribution in [2.75, 3.05) is 0 Å². The number of hydrogen-bond acceptors (Lipinski definition) is 0. The smallest absolute Gasteiger partial charge is 0.166 e. The monoisotopic (exact) mass is 166 g/mol. The first kappa shape index (κ1) is 7.47. The molecule has 0 fully saturated rings. The Morgan fingerprint density at radius 2 is 2.00 bits per heavy atom. The molecule has 0 nitrogen and oxygen atoms in total. The van der Waals surface area contributed by atoms with Gasteiger partial charge in [-0.1, -0.05) is 25.1 Å². The van der Waals surface area contributed by atoms with Gasteiger partial charge in [-0.15, -0.1) is 0 Å². The summed E-state index contributed by atoms with van der Waals surface area (Å²) < 4.78 is 25.7. The molecule has 0 amide bonds. The van der Waals surface area contributed by atoms with Crippen LogP contribution in [0.1, 0.15) is 24.0 Å². The molecule has 1 aromatic carbocycles. The van der Waals surface area contributed by atoms with E-state index in [0.717, 1.165) is 5.56 Å². The topological polar surface area (TPSA) is 0 Å². The molecule has 2 rings (SSSR count). The number of fused-ring (bicyclic) bond motifs is 1. The van der Waals surface area contributed by atoms with Crippen molar-refractivity contribution in [3.63, 3.8) is 0 Å². The minimum absolute atomic E-state index is 0.204. The largest absolute Gasteiger partial charge is 0.204 e. The highest BCUT2D eigenvalue weighted by Gasteiger charge is 2.18. The van der Waals surface area contributed by atoms with Crippen molar-refractivity contribution in [1.82, 2.24) is 0 Å². The molecule has 62 valence electrons. The lowest BCUT2D eigenvalue weighted by atomic mass is 10.0. The highest BCUT2D eigenvalue weighted by molar-refractivity contribution is 5.62. The summed E-state index contributed by atoms with van der Waals surface area (Å²) in [6, 6.07) is 2.82.